The van der Waals surface area contributed by atoms with Gasteiger partial charge in [0, 0.05) is 25.4 Å². The number of aromatic nitrogens is 5. The van der Waals surface area contributed by atoms with Gasteiger partial charge < -0.3 is 9.26 Å². The zero-order valence-corrected chi connectivity index (χ0v) is 14.7. The molecule has 3 rings (SSSR count). The lowest BCUT2D eigenvalue weighted by atomic mass is 10.2. The average molecular weight is 334 g/mol. The fraction of sp³-hybridized carbons (Fsp3) is 0.750. The van der Waals surface area contributed by atoms with Crippen LogP contribution in [0.1, 0.15) is 69.0 Å². The molecule has 0 radical (unpaired) electrons. The van der Waals surface area contributed by atoms with Gasteiger partial charge in [-0.2, -0.15) is 10.1 Å². The van der Waals surface area contributed by atoms with Crippen molar-refractivity contribution in [1.29, 1.82) is 0 Å². The maximum Gasteiger partial charge on any atom is 0.226 e. The predicted octanol–water partition coefficient (Wildman–Crippen LogP) is 2.23. The van der Waals surface area contributed by atoms with Gasteiger partial charge in [0.05, 0.1) is 13.2 Å². The van der Waals surface area contributed by atoms with Crippen LogP contribution in [-0.4, -0.2) is 49.9 Å². The summed E-state index contributed by atoms with van der Waals surface area (Å²) in [6, 6.07) is 0. The second-order valence-electron chi connectivity index (χ2n) is 6.54. The molecule has 1 saturated heterocycles. The number of ether oxygens (including phenoxy) is 1. The highest BCUT2D eigenvalue weighted by Gasteiger charge is 2.26. The van der Waals surface area contributed by atoms with Crippen molar-refractivity contribution in [3.8, 4) is 0 Å². The third kappa shape index (κ3) is 4.18. The van der Waals surface area contributed by atoms with Crippen LogP contribution in [0.5, 0.6) is 0 Å². The van der Waals surface area contributed by atoms with Crippen molar-refractivity contribution in [3.63, 3.8) is 0 Å². The largest absolute Gasteiger partial charge is 0.368 e. The minimum Gasteiger partial charge on any atom is -0.368 e. The van der Waals surface area contributed by atoms with Crippen LogP contribution in [0.15, 0.2) is 4.52 Å². The Morgan fingerprint density at radius 3 is 2.96 bits per heavy atom. The average Bonchev–Trinajstić information content (AvgIpc) is 3.23. The summed E-state index contributed by atoms with van der Waals surface area (Å²) in [5.74, 6) is 3.39. The molecule has 1 fully saturated rings. The van der Waals surface area contributed by atoms with Gasteiger partial charge >= 0.3 is 0 Å². The number of H-pyrrole nitrogens is 1. The normalized spacial score (nSPS) is 19.2. The topological polar surface area (TPSA) is 93.0 Å². The minimum atomic E-state index is -0.0924. The summed E-state index contributed by atoms with van der Waals surface area (Å²) in [7, 11) is 0. The third-order valence-corrected chi connectivity index (χ3v) is 4.11. The summed E-state index contributed by atoms with van der Waals surface area (Å²) in [6.07, 6.45) is 2.96. The van der Waals surface area contributed by atoms with E-state index in [2.05, 4.69) is 51.0 Å². The lowest BCUT2D eigenvalue weighted by Gasteiger charge is -2.30. The van der Waals surface area contributed by atoms with Crippen molar-refractivity contribution in [2.75, 3.05) is 19.7 Å². The first-order valence-electron chi connectivity index (χ1n) is 8.73. The molecule has 1 atom stereocenters. The van der Waals surface area contributed by atoms with E-state index in [0.29, 0.717) is 19.1 Å². The maximum atomic E-state index is 5.84. The molecule has 0 aliphatic carbocycles. The smallest absolute Gasteiger partial charge is 0.226 e. The molecule has 8 heteroatoms. The number of nitrogens with zero attached hydrogens (tertiary/aromatic N) is 5. The first-order valence-corrected chi connectivity index (χ1v) is 8.73. The number of unbranched alkanes of at least 4 members (excludes halogenated alkanes) is 1. The molecule has 0 aromatic carbocycles. The zero-order valence-electron chi connectivity index (χ0n) is 14.7. The lowest BCUT2D eigenvalue weighted by molar-refractivity contribution is -0.0379. The second-order valence-corrected chi connectivity index (χ2v) is 6.54. The Morgan fingerprint density at radius 2 is 2.21 bits per heavy atom. The molecule has 3 heterocycles. The molecular weight excluding hydrogens is 308 g/mol. The van der Waals surface area contributed by atoms with Crippen LogP contribution in [0.3, 0.4) is 0 Å². The van der Waals surface area contributed by atoms with Gasteiger partial charge in [-0.1, -0.05) is 32.3 Å². The molecule has 1 aliphatic rings. The van der Waals surface area contributed by atoms with Gasteiger partial charge in [-0.3, -0.25) is 10.00 Å². The van der Waals surface area contributed by atoms with E-state index in [9.17, 15) is 0 Å². The van der Waals surface area contributed by atoms with Gasteiger partial charge in [0.25, 0.3) is 0 Å². The van der Waals surface area contributed by atoms with E-state index in [4.69, 9.17) is 9.26 Å². The number of rotatable bonds is 7. The van der Waals surface area contributed by atoms with Crippen LogP contribution in [0, 0.1) is 0 Å². The maximum absolute atomic E-state index is 5.84. The van der Waals surface area contributed by atoms with Gasteiger partial charge in [0.1, 0.15) is 6.10 Å². The molecule has 1 N–H and O–H groups in total. The minimum absolute atomic E-state index is 0.0924. The SMILES string of the molecule is CCCCc1nc(CN2CCOC(c3nc(C(C)C)n[nH]3)C2)no1. The van der Waals surface area contributed by atoms with Crippen molar-refractivity contribution >= 4 is 0 Å². The highest BCUT2D eigenvalue weighted by Crippen LogP contribution is 2.21. The summed E-state index contributed by atoms with van der Waals surface area (Å²) in [4.78, 5) is 11.3. The van der Waals surface area contributed by atoms with E-state index >= 15 is 0 Å². The van der Waals surface area contributed by atoms with Gasteiger partial charge in [-0.25, -0.2) is 4.98 Å². The molecule has 0 spiro atoms. The van der Waals surface area contributed by atoms with Crippen LogP contribution in [0.2, 0.25) is 0 Å². The molecule has 24 heavy (non-hydrogen) atoms. The molecule has 1 unspecified atom stereocenters. The molecule has 0 saturated carbocycles. The Labute approximate surface area is 142 Å². The molecule has 1 aliphatic heterocycles. The van der Waals surface area contributed by atoms with Crippen molar-refractivity contribution in [2.24, 2.45) is 0 Å². The fourth-order valence-corrected chi connectivity index (χ4v) is 2.69. The predicted molar refractivity (Wildman–Crippen MR) is 87.4 cm³/mol. The molecular formula is C16H26N6O2. The molecule has 2 aromatic rings. The quantitative estimate of drug-likeness (QED) is 0.830. The highest BCUT2D eigenvalue weighted by molar-refractivity contribution is 5.00. The Bertz CT molecular complexity index is 638. The van der Waals surface area contributed by atoms with Crippen molar-refractivity contribution in [1.82, 2.24) is 30.2 Å². The first kappa shape index (κ1) is 17.0. The van der Waals surface area contributed by atoms with Crippen LogP contribution in [-0.2, 0) is 17.7 Å². The second kappa shape index (κ2) is 7.85. The van der Waals surface area contributed by atoms with Crippen LogP contribution < -0.4 is 0 Å². The third-order valence-electron chi connectivity index (χ3n) is 4.11. The van der Waals surface area contributed by atoms with E-state index in [0.717, 1.165) is 55.7 Å². The summed E-state index contributed by atoms with van der Waals surface area (Å²) in [5, 5.41) is 11.3. The molecule has 132 valence electrons. The number of nitrogens with one attached hydrogen (secondary N) is 1. The van der Waals surface area contributed by atoms with Crippen LogP contribution in [0.25, 0.3) is 0 Å². The Hall–Kier alpha value is -1.80. The van der Waals surface area contributed by atoms with Gasteiger partial charge in [-0.05, 0) is 6.42 Å². The van der Waals surface area contributed by atoms with Crippen molar-refractivity contribution < 1.29 is 9.26 Å². The van der Waals surface area contributed by atoms with Crippen molar-refractivity contribution in [2.45, 2.75) is 58.6 Å². The number of hydrogen-bond acceptors (Lipinski definition) is 7. The molecule has 2 aromatic heterocycles. The molecule has 0 amide bonds. The van der Waals surface area contributed by atoms with E-state index < -0.39 is 0 Å². The van der Waals surface area contributed by atoms with E-state index in [1.165, 1.54) is 0 Å². The Balaban J connectivity index is 1.57. The van der Waals surface area contributed by atoms with Gasteiger partial charge in [0.2, 0.25) is 5.89 Å². The monoisotopic (exact) mass is 334 g/mol. The summed E-state index contributed by atoms with van der Waals surface area (Å²) >= 11 is 0. The van der Waals surface area contributed by atoms with E-state index in [1.54, 1.807) is 0 Å². The van der Waals surface area contributed by atoms with Crippen LogP contribution >= 0.6 is 0 Å². The van der Waals surface area contributed by atoms with Crippen LogP contribution in [0.4, 0.5) is 0 Å². The number of morpholine rings is 1. The number of hydrogen-bond donors (Lipinski definition) is 1. The summed E-state index contributed by atoms with van der Waals surface area (Å²) < 4.78 is 11.1. The van der Waals surface area contributed by atoms with Crippen molar-refractivity contribution in [3.05, 3.63) is 23.4 Å². The zero-order chi connectivity index (χ0) is 16.9. The fourth-order valence-electron chi connectivity index (χ4n) is 2.69. The Morgan fingerprint density at radius 1 is 1.33 bits per heavy atom. The van der Waals surface area contributed by atoms with Gasteiger partial charge in [-0.15, -0.1) is 0 Å². The molecule has 0 bridgehead atoms. The lowest BCUT2D eigenvalue weighted by Crippen LogP contribution is -2.38. The summed E-state index contributed by atoms with van der Waals surface area (Å²) in [6.45, 7) is 9.22. The standard InChI is InChI=1S/C16H26N6O2/c1-4-5-6-14-17-13(21-24-14)10-22-7-8-23-12(9-22)16-18-15(11(2)3)19-20-16/h11-12H,4-10H2,1-3H3,(H,18,19,20). The first-order chi connectivity index (χ1) is 11.7. The van der Waals surface area contributed by atoms with E-state index in [1.807, 2.05) is 0 Å². The number of aromatic amines is 1. The number of aryl methyl sites for hydroxylation is 1. The molecule has 8 nitrogen and oxygen atoms in total. The highest BCUT2D eigenvalue weighted by atomic mass is 16.5. The summed E-state index contributed by atoms with van der Waals surface area (Å²) in [5.41, 5.74) is 0. The van der Waals surface area contributed by atoms with Gasteiger partial charge in [0.15, 0.2) is 17.5 Å². The Kier molecular flexibility index (Phi) is 5.57. The van der Waals surface area contributed by atoms with E-state index in [-0.39, 0.29) is 6.10 Å².